The normalized spacial score (nSPS) is 10.1. The first-order valence-electron chi connectivity index (χ1n) is 5.23. The fourth-order valence-corrected chi connectivity index (χ4v) is 2.47. The summed E-state index contributed by atoms with van der Waals surface area (Å²) in [4.78, 5) is 23.4. The number of benzene rings is 1. The molecule has 0 unspecified atom stereocenters. The van der Waals surface area contributed by atoms with Gasteiger partial charge in [-0.3, -0.25) is 9.59 Å². The second-order valence-electron chi connectivity index (χ2n) is 3.69. The first-order chi connectivity index (χ1) is 8.58. The number of carbonyl (C=O) groups excluding carboxylic acids is 2. The van der Waals surface area contributed by atoms with Crippen LogP contribution in [0.4, 0.5) is 5.69 Å². The minimum absolute atomic E-state index is 0.00539. The Morgan fingerprint density at radius 1 is 1.17 bits per heavy atom. The molecule has 1 amide bonds. The average molecular weight is 280 g/mol. The Bertz CT molecular complexity index is 589. The van der Waals surface area contributed by atoms with Crippen LogP contribution in [0.1, 0.15) is 27.0 Å². The molecule has 3 nitrogen and oxygen atoms in total. The predicted octanol–water partition coefficient (Wildman–Crippen LogP) is 3.86. The minimum Gasteiger partial charge on any atom is -0.321 e. The molecule has 1 N–H and O–H groups in total. The van der Waals surface area contributed by atoms with Crippen molar-refractivity contribution in [2.45, 2.75) is 6.92 Å². The molecule has 1 heterocycles. The summed E-state index contributed by atoms with van der Waals surface area (Å²) in [5, 5.41) is 4.93. The van der Waals surface area contributed by atoms with E-state index in [0.29, 0.717) is 21.2 Å². The number of hydrogen-bond acceptors (Lipinski definition) is 3. The van der Waals surface area contributed by atoms with E-state index in [1.54, 1.807) is 35.7 Å². The van der Waals surface area contributed by atoms with Gasteiger partial charge in [-0.15, -0.1) is 11.3 Å². The van der Waals surface area contributed by atoms with Crippen LogP contribution in [0.15, 0.2) is 35.7 Å². The van der Waals surface area contributed by atoms with Crippen molar-refractivity contribution < 1.29 is 9.59 Å². The van der Waals surface area contributed by atoms with Crippen LogP contribution in [0.5, 0.6) is 0 Å². The summed E-state index contributed by atoms with van der Waals surface area (Å²) in [5.74, 6) is -0.250. The second-order valence-corrected chi connectivity index (χ2v) is 5.01. The maximum Gasteiger partial charge on any atom is 0.267 e. The number of halogens is 1. The molecule has 0 aliphatic heterocycles. The van der Waals surface area contributed by atoms with Crippen molar-refractivity contribution in [1.29, 1.82) is 0 Å². The van der Waals surface area contributed by atoms with Crippen molar-refractivity contribution in [2.24, 2.45) is 0 Å². The Balaban J connectivity index is 2.13. The highest BCUT2D eigenvalue weighted by molar-refractivity contribution is 7.12. The Labute approximate surface area is 113 Å². The van der Waals surface area contributed by atoms with E-state index in [-0.39, 0.29) is 11.7 Å². The molecule has 0 aliphatic carbocycles. The van der Waals surface area contributed by atoms with Gasteiger partial charge in [0.15, 0.2) is 5.78 Å². The standard InChI is InChI=1S/C13H10ClNO2S/c1-8(16)9-2-4-10(5-3-9)15-13(17)12-11(14)6-7-18-12/h2-7H,1H3,(H,15,17). The summed E-state index contributed by atoms with van der Waals surface area (Å²) in [6.45, 7) is 1.50. The molecule has 0 fully saturated rings. The van der Waals surface area contributed by atoms with Crippen molar-refractivity contribution in [1.82, 2.24) is 0 Å². The molecule has 0 aliphatic rings. The Hall–Kier alpha value is -1.65. The third-order valence-corrected chi connectivity index (χ3v) is 3.71. The molecule has 92 valence electrons. The number of rotatable bonds is 3. The third kappa shape index (κ3) is 2.78. The van der Waals surface area contributed by atoms with Crippen LogP contribution < -0.4 is 5.32 Å². The van der Waals surface area contributed by atoms with Gasteiger partial charge in [0.05, 0.1) is 5.02 Å². The zero-order valence-electron chi connectivity index (χ0n) is 9.57. The van der Waals surface area contributed by atoms with E-state index in [4.69, 9.17) is 11.6 Å². The van der Waals surface area contributed by atoms with Gasteiger partial charge in [0.25, 0.3) is 5.91 Å². The molecule has 5 heteroatoms. The molecule has 2 rings (SSSR count). The van der Waals surface area contributed by atoms with Gasteiger partial charge < -0.3 is 5.32 Å². The molecule has 1 aromatic heterocycles. The predicted molar refractivity (Wildman–Crippen MR) is 73.7 cm³/mol. The van der Waals surface area contributed by atoms with E-state index in [1.807, 2.05) is 0 Å². The zero-order valence-corrected chi connectivity index (χ0v) is 11.1. The van der Waals surface area contributed by atoms with Gasteiger partial charge in [-0.25, -0.2) is 0 Å². The van der Waals surface area contributed by atoms with Gasteiger partial charge in [0, 0.05) is 11.3 Å². The van der Waals surface area contributed by atoms with Gasteiger partial charge in [-0.2, -0.15) is 0 Å². The van der Waals surface area contributed by atoms with E-state index >= 15 is 0 Å². The van der Waals surface area contributed by atoms with E-state index < -0.39 is 0 Å². The number of thiophene rings is 1. The van der Waals surface area contributed by atoms with E-state index in [2.05, 4.69) is 5.32 Å². The minimum atomic E-state index is -0.245. The summed E-state index contributed by atoms with van der Waals surface area (Å²) >= 11 is 7.16. The zero-order chi connectivity index (χ0) is 13.1. The number of carbonyl (C=O) groups is 2. The van der Waals surface area contributed by atoms with Crippen LogP contribution in [-0.4, -0.2) is 11.7 Å². The monoisotopic (exact) mass is 279 g/mol. The lowest BCUT2D eigenvalue weighted by molar-refractivity contribution is 0.101. The topological polar surface area (TPSA) is 46.2 Å². The maximum atomic E-state index is 11.9. The van der Waals surface area contributed by atoms with Crippen LogP contribution in [0.25, 0.3) is 0 Å². The SMILES string of the molecule is CC(=O)c1ccc(NC(=O)c2sccc2Cl)cc1. The van der Waals surface area contributed by atoms with Gasteiger partial charge in [-0.1, -0.05) is 11.6 Å². The Kier molecular flexibility index (Phi) is 3.79. The summed E-state index contributed by atoms with van der Waals surface area (Å²) in [7, 11) is 0. The van der Waals surface area contributed by atoms with Crippen molar-refractivity contribution in [2.75, 3.05) is 5.32 Å². The van der Waals surface area contributed by atoms with Crippen molar-refractivity contribution in [3.05, 3.63) is 51.2 Å². The van der Waals surface area contributed by atoms with Gasteiger partial charge in [0.2, 0.25) is 0 Å². The first-order valence-corrected chi connectivity index (χ1v) is 6.49. The molecule has 0 spiro atoms. The highest BCUT2D eigenvalue weighted by atomic mass is 35.5. The fraction of sp³-hybridized carbons (Fsp3) is 0.0769. The number of anilines is 1. The molecule has 1 aromatic carbocycles. The highest BCUT2D eigenvalue weighted by Crippen LogP contribution is 2.23. The molecule has 0 bridgehead atoms. The number of Topliss-reactive ketones (excluding diaryl/α,β-unsaturated/α-hetero) is 1. The van der Waals surface area contributed by atoms with E-state index in [1.165, 1.54) is 18.3 Å². The summed E-state index contributed by atoms with van der Waals surface area (Å²) in [6, 6.07) is 8.41. The molecular formula is C13H10ClNO2S. The molecular weight excluding hydrogens is 270 g/mol. The number of hydrogen-bond donors (Lipinski definition) is 1. The van der Waals surface area contributed by atoms with Crippen LogP contribution in [0.2, 0.25) is 5.02 Å². The van der Waals surface area contributed by atoms with Crippen molar-refractivity contribution in [3.63, 3.8) is 0 Å². The Morgan fingerprint density at radius 3 is 2.33 bits per heavy atom. The lowest BCUT2D eigenvalue weighted by atomic mass is 10.1. The quantitative estimate of drug-likeness (QED) is 0.867. The number of ketones is 1. The second kappa shape index (κ2) is 5.33. The summed E-state index contributed by atoms with van der Waals surface area (Å²) < 4.78 is 0. The van der Waals surface area contributed by atoms with Gasteiger partial charge in [-0.05, 0) is 42.6 Å². The van der Waals surface area contributed by atoms with E-state index in [0.717, 1.165) is 0 Å². The van der Waals surface area contributed by atoms with Crippen LogP contribution in [0, 0.1) is 0 Å². The summed E-state index contributed by atoms with van der Waals surface area (Å²) in [6.07, 6.45) is 0. The molecule has 2 aromatic rings. The number of amides is 1. The van der Waals surface area contributed by atoms with Gasteiger partial charge >= 0.3 is 0 Å². The van der Waals surface area contributed by atoms with Crippen LogP contribution >= 0.6 is 22.9 Å². The number of nitrogens with one attached hydrogen (secondary N) is 1. The summed E-state index contributed by atoms with van der Waals surface area (Å²) in [5.41, 5.74) is 1.25. The molecule has 0 radical (unpaired) electrons. The van der Waals surface area contributed by atoms with Gasteiger partial charge in [0.1, 0.15) is 4.88 Å². The van der Waals surface area contributed by atoms with Crippen molar-refractivity contribution >= 4 is 40.3 Å². The largest absolute Gasteiger partial charge is 0.321 e. The van der Waals surface area contributed by atoms with Crippen LogP contribution in [-0.2, 0) is 0 Å². The van der Waals surface area contributed by atoms with E-state index in [9.17, 15) is 9.59 Å². The smallest absolute Gasteiger partial charge is 0.267 e. The molecule has 0 saturated heterocycles. The van der Waals surface area contributed by atoms with Crippen molar-refractivity contribution in [3.8, 4) is 0 Å². The fourth-order valence-electron chi connectivity index (χ4n) is 1.43. The highest BCUT2D eigenvalue weighted by Gasteiger charge is 2.11. The lowest BCUT2D eigenvalue weighted by Crippen LogP contribution is -2.10. The molecule has 0 saturated carbocycles. The molecule has 0 atom stereocenters. The first kappa shape index (κ1) is 12.8. The molecule has 18 heavy (non-hydrogen) atoms. The average Bonchev–Trinajstić information content (AvgIpc) is 2.76. The van der Waals surface area contributed by atoms with Crippen LogP contribution in [0.3, 0.4) is 0 Å². The Morgan fingerprint density at radius 2 is 1.83 bits per heavy atom. The maximum absolute atomic E-state index is 11.9. The third-order valence-electron chi connectivity index (χ3n) is 2.37. The lowest BCUT2D eigenvalue weighted by Gasteiger charge is -2.04.